The average Bonchev–Trinajstić information content (AvgIpc) is 3.24. The van der Waals surface area contributed by atoms with Gasteiger partial charge in [0.1, 0.15) is 0 Å². The van der Waals surface area contributed by atoms with Gasteiger partial charge in [-0.2, -0.15) is 0 Å². The van der Waals surface area contributed by atoms with Crippen LogP contribution in [0.4, 0.5) is 0 Å². The van der Waals surface area contributed by atoms with Crippen molar-refractivity contribution in [2.24, 2.45) is 0 Å². The molecule has 0 aliphatic carbocycles. The Morgan fingerprint density at radius 2 is 0.881 bits per heavy atom. The molecule has 59 heavy (non-hydrogen) atoms. The minimum absolute atomic E-state index is 0.0227. The first-order valence-electron chi connectivity index (χ1n) is 25.8. The Labute approximate surface area is 366 Å². The number of unbranched alkanes of at least 4 members (excludes halogenated alkanes) is 32. The van der Waals surface area contributed by atoms with Gasteiger partial charge in [-0.15, -0.1) is 0 Å². The molecule has 0 rings (SSSR count). The number of carbonyl (C=O) groups excluding carboxylic acids is 2. The first-order valence-corrected chi connectivity index (χ1v) is 25.8. The molecule has 2 atom stereocenters. The van der Waals surface area contributed by atoms with Gasteiger partial charge < -0.3 is 20.3 Å². The molecule has 6 heteroatoms. The van der Waals surface area contributed by atoms with Crippen LogP contribution in [0.3, 0.4) is 0 Å². The molecular weight excluding hydrogens is 731 g/mol. The van der Waals surface area contributed by atoms with Gasteiger partial charge in [-0.05, 0) is 57.8 Å². The number of carbonyl (C=O) groups is 2. The zero-order valence-electron chi connectivity index (χ0n) is 39.2. The highest BCUT2D eigenvalue weighted by Gasteiger charge is 2.18. The molecule has 2 unspecified atom stereocenters. The maximum Gasteiger partial charge on any atom is 0.305 e. The molecule has 1 amide bonds. The quantitative estimate of drug-likeness (QED) is 0.0323. The first-order chi connectivity index (χ1) is 29.0. The zero-order chi connectivity index (χ0) is 43.0. The summed E-state index contributed by atoms with van der Waals surface area (Å²) in [6.45, 7) is 4.80. The lowest BCUT2D eigenvalue weighted by molar-refractivity contribution is -0.143. The van der Waals surface area contributed by atoms with Crippen molar-refractivity contribution in [3.05, 3.63) is 36.5 Å². The van der Waals surface area contributed by atoms with Gasteiger partial charge in [-0.1, -0.05) is 230 Å². The highest BCUT2D eigenvalue weighted by molar-refractivity contribution is 5.76. The van der Waals surface area contributed by atoms with Crippen LogP contribution in [0.2, 0.25) is 0 Å². The Morgan fingerprint density at radius 3 is 1.36 bits per heavy atom. The van der Waals surface area contributed by atoms with Crippen LogP contribution < -0.4 is 5.32 Å². The predicted molar refractivity (Wildman–Crippen MR) is 255 cm³/mol. The van der Waals surface area contributed by atoms with Crippen molar-refractivity contribution >= 4 is 11.9 Å². The summed E-state index contributed by atoms with van der Waals surface area (Å²) in [7, 11) is 0. The maximum atomic E-state index is 12.4. The van der Waals surface area contributed by atoms with E-state index in [0.29, 0.717) is 19.4 Å². The normalized spacial score (nSPS) is 12.9. The van der Waals surface area contributed by atoms with E-state index in [1.165, 1.54) is 167 Å². The fourth-order valence-electron chi connectivity index (χ4n) is 7.67. The van der Waals surface area contributed by atoms with E-state index in [-0.39, 0.29) is 18.5 Å². The minimum Gasteiger partial charge on any atom is -0.466 e. The molecule has 346 valence electrons. The molecule has 0 fully saturated rings. The van der Waals surface area contributed by atoms with Gasteiger partial charge >= 0.3 is 5.97 Å². The Bertz CT molecular complexity index is 962. The summed E-state index contributed by atoms with van der Waals surface area (Å²) < 4.78 is 5.44. The van der Waals surface area contributed by atoms with Crippen LogP contribution in [0.15, 0.2) is 36.5 Å². The van der Waals surface area contributed by atoms with Crippen LogP contribution in [0.5, 0.6) is 0 Å². The Hall–Kier alpha value is -1.92. The predicted octanol–water partition coefficient (Wildman–Crippen LogP) is 15.3. The molecule has 0 radical (unpaired) electrons. The lowest BCUT2D eigenvalue weighted by atomic mass is 10.0. The van der Waals surface area contributed by atoms with Gasteiger partial charge in [0.25, 0.3) is 0 Å². The molecular formula is C53H99NO5. The number of aliphatic hydroxyl groups is 2. The Balaban J connectivity index is 3.51. The van der Waals surface area contributed by atoms with E-state index in [1.807, 2.05) is 6.08 Å². The smallest absolute Gasteiger partial charge is 0.305 e. The number of amides is 1. The van der Waals surface area contributed by atoms with Gasteiger partial charge in [0.2, 0.25) is 5.91 Å². The second-order valence-electron chi connectivity index (χ2n) is 17.5. The zero-order valence-corrected chi connectivity index (χ0v) is 39.2. The SMILES string of the molecule is CCC/C=C\C/C=C\CCCCCCCC(=O)OCCCCCCCCCCCCCCCC(=O)NC(CO)C(O)/C=C/CCCCCCCCCCCCCCCC. The second kappa shape index (κ2) is 48.7. The standard InChI is InChI=1S/C53H99NO5/c1-3-5-7-9-11-13-15-17-18-19-22-25-29-33-37-41-45-51(56)50(49-55)54-52(57)46-42-38-34-30-26-23-20-24-28-32-36-40-44-48-59-53(58)47-43-39-35-31-27-21-16-14-12-10-8-6-4-2/h8,10,14,16,41,45,50-51,55-56H,3-7,9,11-13,15,17-40,42-44,46-49H2,1-2H3,(H,54,57)/b10-8-,16-14-,45-41+. The summed E-state index contributed by atoms with van der Waals surface area (Å²) in [6.07, 6.45) is 58.5. The van der Waals surface area contributed by atoms with Crippen molar-refractivity contribution in [3.8, 4) is 0 Å². The van der Waals surface area contributed by atoms with Crippen LogP contribution in [0.1, 0.15) is 264 Å². The van der Waals surface area contributed by atoms with Crippen molar-refractivity contribution in [1.29, 1.82) is 0 Å². The van der Waals surface area contributed by atoms with Crippen molar-refractivity contribution < 1.29 is 24.5 Å². The van der Waals surface area contributed by atoms with E-state index < -0.39 is 12.1 Å². The number of nitrogens with one attached hydrogen (secondary N) is 1. The molecule has 0 heterocycles. The number of esters is 1. The van der Waals surface area contributed by atoms with Crippen molar-refractivity contribution in [2.75, 3.05) is 13.2 Å². The first kappa shape index (κ1) is 57.1. The Kier molecular flexibility index (Phi) is 47.2. The number of ether oxygens (including phenoxy) is 1. The molecule has 0 aromatic rings. The highest BCUT2D eigenvalue weighted by Crippen LogP contribution is 2.16. The van der Waals surface area contributed by atoms with Crippen molar-refractivity contribution in [3.63, 3.8) is 0 Å². The summed E-state index contributed by atoms with van der Waals surface area (Å²) in [6, 6.07) is -0.638. The third-order valence-electron chi connectivity index (χ3n) is 11.6. The second-order valence-corrected chi connectivity index (χ2v) is 17.5. The maximum absolute atomic E-state index is 12.4. The monoisotopic (exact) mass is 830 g/mol. The Morgan fingerprint density at radius 1 is 0.475 bits per heavy atom. The van der Waals surface area contributed by atoms with Gasteiger partial charge in [0.05, 0.1) is 25.4 Å². The number of hydrogen-bond donors (Lipinski definition) is 3. The molecule has 3 N–H and O–H groups in total. The van der Waals surface area contributed by atoms with Crippen LogP contribution in [-0.4, -0.2) is 47.4 Å². The third-order valence-corrected chi connectivity index (χ3v) is 11.6. The van der Waals surface area contributed by atoms with E-state index in [0.717, 1.165) is 70.6 Å². The lowest BCUT2D eigenvalue weighted by Crippen LogP contribution is -2.45. The lowest BCUT2D eigenvalue weighted by Gasteiger charge is -2.20. The van der Waals surface area contributed by atoms with Gasteiger partial charge in [-0.3, -0.25) is 9.59 Å². The van der Waals surface area contributed by atoms with Crippen LogP contribution in [0, 0.1) is 0 Å². The average molecular weight is 830 g/mol. The number of hydrogen-bond acceptors (Lipinski definition) is 5. The van der Waals surface area contributed by atoms with Crippen molar-refractivity contribution in [2.45, 2.75) is 276 Å². The van der Waals surface area contributed by atoms with Crippen LogP contribution in [0.25, 0.3) is 0 Å². The van der Waals surface area contributed by atoms with E-state index in [2.05, 4.69) is 43.5 Å². The van der Waals surface area contributed by atoms with Gasteiger partial charge in [0, 0.05) is 12.8 Å². The molecule has 0 spiro atoms. The van der Waals surface area contributed by atoms with Gasteiger partial charge in [0.15, 0.2) is 0 Å². The summed E-state index contributed by atoms with van der Waals surface area (Å²) in [5.41, 5.74) is 0. The van der Waals surface area contributed by atoms with Gasteiger partial charge in [-0.25, -0.2) is 0 Å². The molecule has 0 bridgehead atoms. The topological polar surface area (TPSA) is 95.9 Å². The third kappa shape index (κ3) is 45.4. The van der Waals surface area contributed by atoms with Crippen molar-refractivity contribution in [1.82, 2.24) is 5.32 Å². The fraction of sp³-hybridized carbons (Fsp3) is 0.849. The fourth-order valence-corrected chi connectivity index (χ4v) is 7.67. The molecule has 0 saturated heterocycles. The largest absolute Gasteiger partial charge is 0.466 e. The molecule has 0 saturated carbocycles. The summed E-state index contributed by atoms with van der Waals surface area (Å²) in [5.74, 6) is -0.104. The molecule has 0 aromatic carbocycles. The van der Waals surface area contributed by atoms with E-state index >= 15 is 0 Å². The minimum atomic E-state index is -0.853. The van der Waals surface area contributed by atoms with E-state index in [4.69, 9.17) is 4.74 Å². The van der Waals surface area contributed by atoms with Crippen LogP contribution in [-0.2, 0) is 14.3 Å². The summed E-state index contributed by atoms with van der Waals surface area (Å²) in [5, 5.41) is 23.1. The molecule has 6 nitrogen and oxygen atoms in total. The number of allylic oxidation sites excluding steroid dienone is 5. The van der Waals surface area contributed by atoms with E-state index in [1.54, 1.807) is 6.08 Å². The summed E-state index contributed by atoms with van der Waals surface area (Å²) in [4.78, 5) is 24.4. The molecule has 0 aliphatic heterocycles. The summed E-state index contributed by atoms with van der Waals surface area (Å²) >= 11 is 0. The molecule has 0 aliphatic rings. The number of rotatable bonds is 47. The van der Waals surface area contributed by atoms with E-state index in [9.17, 15) is 19.8 Å². The molecule has 0 aromatic heterocycles. The number of aliphatic hydroxyl groups excluding tert-OH is 2. The van der Waals surface area contributed by atoms with Crippen LogP contribution >= 0.6 is 0 Å². The highest BCUT2D eigenvalue weighted by atomic mass is 16.5.